The molecule has 5 nitrogen and oxygen atoms in total. The van der Waals surface area contributed by atoms with Crippen molar-refractivity contribution in [2.24, 2.45) is 0 Å². The summed E-state index contributed by atoms with van der Waals surface area (Å²) in [4.78, 5) is 29.0. The molecule has 0 spiro atoms. The van der Waals surface area contributed by atoms with Crippen molar-refractivity contribution in [1.29, 1.82) is 0 Å². The van der Waals surface area contributed by atoms with E-state index >= 15 is 0 Å². The molecule has 2 N–H and O–H groups in total. The van der Waals surface area contributed by atoms with Gasteiger partial charge in [0.05, 0.1) is 11.1 Å². The molecule has 0 aliphatic heterocycles. The van der Waals surface area contributed by atoms with Crippen LogP contribution in [0.15, 0.2) is 67.0 Å². The third-order valence-electron chi connectivity index (χ3n) is 4.20. The van der Waals surface area contributed by atoms with Crippen LogP contribution in [0.25, 0.3) is 0 Å². The lowest BCUT2D eigenvalue weighted by molar-refractivity contribution is 0.102. The number of aromatic nitrogens is 1. The number of amides is 2. The molecule has 3 aromatic rings. The smallest absolute Gasteiger partial charge is 0.257 e. The Morgan fingerprint density at radius 3 is 2.14 bits per heavy atom. The van der Waals surface area contributed by atoms with Crippen molar-refractivity contribution in [2.45, 2.75) is 19.8 Å². The van der Waals surface area contributed by atoms with Crippen molar-refractivity contribution in [1.82, 2.24) is 4.98 Å². The van der Waals surface area contributed by atoms with Crippen LogP contribution in [-0.2, 0) is 0 Å². The standard InChI is InChI=1S/C22H20FN3O2/c1-14(2)19-5-3-4-6-20(19)26-22(28)16-11-15(12-24-13-16)21(27)25-18-9-7-17(23)8-10-18/h3-14H,1-2H3,(H,25,27)(H,26,28). The Balaban J connectivity index is 1.76. The number of hydrogen-bond donors (Lipinski definition) is 2. The maximum absolute atomic E-state index is 13.0. The van der Waals surface area contributed by atoms with Crippen molar-refractivity contribution < 1.29 is 14.0 Å². The fraction of sp³-hybridized carbons (Fsp3) is 0.136. The molecule has 0 aliphatic carbocycles. The third-order valence-corrected chi connectivity index (χ3v) is 4.20. The number of pyridine rings is 1. The molecule has 2 amide bonds. The molecule has 0 bridgehead atoms. The van der Waals surface area contributed by atoms with Gasteiger partial charge in [-0.15, -0.1) is 0 Å². The minimum atomic E-state index is -0.434. The van der Waals surface area contributed by atoms with Gasteiger partial charge in [-0.25, -0.2) is 4.39 Å². The summed E-state index contributed by atoms with van der Waals surface area (Å²) in [6.45, 7) is 4.10. The van der Waals surface area contributed by atoms with Gasteiger partial charge in [-0.3, -0.25) is 14.6 Å². The topological polar surface area (TPSA) is 71.1 Å². The van der Waals surface area contributed by atoms with E-state index in [4.69, 9.17) is 0 Å². The number of anilines is 2. The summed E-state index contributed by atoms with van der Waals surface area (Å²) >= 11 is 0. The van der Waals surface area contributed by atoms with E-state index in [0.29, 0.717) is 5.69 Å². The molecule has 1 aromatic heterocycles. The monoisotopic (exact) mass is 377 g/mol. The van der Waals surface area contributed by atoms with Crippen LogP contribution in [0.2, 0.25) is 0 Å². The number of carbonyl (C=O) groups excluding carboxylic acids is 2. The molecular formula is C22H20FN3O2. The fourth-order valence-electron chi connectivity index (χ4n) is 2.73. The van der Waals surface area contributed by atoms with Crippen LogP contribution in [0.3, 0.4) is 0 Å². The van der Waals surface area contributed by atoms with Gasteiger partial charge in [0.15, 0.2) is 0 Å². The molecule has 142 valence electrons. The minimum absolute atomic E-state index is 0.231. The Labute approximate surface area is 162 Å². The summed E-state index contributed by atoms with van der Waals surface area (Å²) in [6, 6.07) is 14.5. The van der Waals surface area contributed by atoms with Crippen LogP contribution in [0.5, 0.6) is 0 Å². The molecule has 28 heavy (non-hydrogen) atoms. The first-order valence-electron chi connectivity index (χ1n) is 8.86. The summed E-state index contributed by atoms with van der Waals surface area (Å²) in [7, 11) is 0. The van der Waals surface area contributed by atoms with E-state index in [9.17, 15) is 14.0 Å². The molecule has 3 rings (SSSR count). The van der Waals surface area contributed by atoms with Gasteiger partial charge in [0.2, 0.25) is 0 Å². The maximum Gasteiger partial charge on any atom is 0.257 e. The number of benzene rings is 2. The predicted octanol–water partition coefficient (Wildman–Crippen LogP) is 4.85. The van der Waals surface area contributed by atoms with Gasteiger partial charge in [-0.05, 0) is 47.9 Å². The molecule has 1 heterocycles. The lowest BCUT2D eigenvalue weighted by atomic mass is 10.0. The first kappa shape index (κ1) is 19.2. The van der Waals surface area contributed by atoms with Crippen molar-refractivity contribution >= 4 is 23.2 Å². The molecular weight excluding hydrogens is 357 g/mol. The van der Waals surface area contributed by atoms with Crippen LogP contribution in [0, 0.1) is 5.82 Å². The Bertz CT molecular complexity index is 1000. The van der Waals surface area contributed by atoms with E-state index in [1.807, 2.05) is 38.1 Å². The van der Waals surface area contributed by atoms with Crippen LogP contribution < -0.4 is 10.6 Å². The molecule has 6 heteroatoms. The molecule has 0 unspecified atom stereocenters. The fourth-order valence-corrected chi connectivity index (χ4v) is 2.73. The summed E-state index contributed by atoms with van der Waals surface area (Å²) in [5, 5.41) is 5.53. The summed E-state index contributed by atoms with van der Waals surface area (Å²) in [5.74, 6) is -0.921. The predicted molar refractivity (Wildman–Crippen MR) is 107 cm³/mol. The highest BCUT2D eigenvalue weighted by Crippen LogP contribution is 2.24. The maximum atomic E-state index is 13.0. The molecule has 0 radical (unpaired) electrons. The van der Waals surface area contributed by atoms with E-state index in [2.05, 4.69) is 15.6 Å². The average Bonchev–Trinajstić information content (AvgIpc) is 2.70. The molecule has 0 fully saturated rings. The van der Waals surface area contributed by atoms with Gasteiger partial charge in [0, 0.05) is 23.8 Å². The van der Waals surface area contributed by atoms with E-state index in [1.54, 1.807) is 0 Å². The largest absolute Gasteiger partial charge is 0.322 e. The zero-order chi connectivity index (χ0) is 20.1. The van der Waals surface area contributed by atoms with Gasteiger partial charge < -0.3 is 10.6 Å². The average molecular weight is 377 g/mol. The summed E-state index contributed by atoms with van der Waals surface area (Å²) in [5.41, 5.74) is 2.70. The van der Waals surface area contributed by atoms with Gasteiger partial charge in [-0.2, -0.15) is 0 Å². The van der Waals surface area contributed by atoms with Gasteiger partial charge >= 0.3 is 0 Å². The van der Waals surface area contributed by atoms with Crippen molar-refractivity contribution in [3.8, 4) is 0 Å². The van der Waals surface area contributed by atoms with Crippen LogP contribution in [0.4, 0.5) is 15.8 Å². The zero-order valence-corrected chi connectivity index (χ0v) is 15.6. The number of halogens is 1. The highest BCUT2D eigenvalue weighted by molar-refractivity contribution is 6.08. The first-order valence-corrected chi connectivity index (χ1v) is 8.86. The number of carbonyl (C=O) groups is 2. The molecule has 0 saturated heterocycles. The van der Waals surface area contributed by atoms with E-state index < -0.39 is 5.91 Å². The van der Waals surface area contributed by atoms with E-state index in [-0.39, 0.29) is 28.8 Å². The molecule has 0 aliphatic rings. The number of nitrogens with one attached hydrogen (secondary N) is 2. The van der Waals surface area contributed by atoms with Gasteiger partial charge in [0.25, 0.3) is 11.8 Å². The van der Waals surface area contributed by atoms with Crippen molar-refractivity contribution in [3.63, 3.8) is 0 Å². The first-order chi connectivity index (χ1) is 13.4. The second-order valence-corrected chi connectivity index (χ2v) is 6.62. The van der Waals surface area contributed by atoms with Crippen molar-refractivity contribution in [3.05, 3.63) is 89.5 Å². The highest BCUT2D eigenvalue weighted by atomic mass is 19.1. The molecule has 2 aromatic carbocycles. The Morgan fingerprint density at radius 1 is 0.893 bits per heavy atom. The Hall–Kier alpha value is -3.54. The van der Waals surface area contributed by atoms with Crippen molar-refractivity contribution in [2.75, 3.05) is 10.6 Å². The summed E-state index contributed by atoms with van der Waals surface area (Å²) < 4.78 is 13.0. The lowest BCUT2D eigenvalue weighted by Gasteiger charge is -2.13. The van der Waals surface area contributed by atoms with Crippen LogP contribution in [0.1, 0.15) is 46.0 Å². The quantitative estimate of drug-likeness (QED) is 0.668. The third kappa shape index (κ3) is 4.59. The Kier molecular flexibility index (Phi) is 5.79. The van der Waals surface area contributed by atoms with Crippen LogP contribution >= 0.6 is 0 Å². The Morgan fingerprint density at radius 2 is 1.50 bits per heavy atom. The minimum Gasteiger partial charge on any atom is -0.322 e. The van der Waals surface area contributed by atoms with Gasteiger partial charge in [-0.1, -0.05) is 32.0 Å². The molecule has 0 atom stereocenters. The van der Waals surface area contributed by atoms with E-state index in [1.165, 1.54) is 42.7 Å². The number of hydrogen-bond acceptors (Lipinski definition) is 3. The SMILES string of the molecule is CC(C)c1ccccc1NC(=O)c1cncc(C(=O)Nc2ccc(F)cc2)c1. The second kappa shape index (κ2) is 8.43. The zero-order valence-electron chi connectivity index (χ0n) is 15.6. The van der Waals surface area contributed by atoms with Crippen LogP contribution in [-0.4, -0.2) is 16.8 Å². The van der Waals surface area contributed by atoms with E-state index in [0.717, 1.165) is 11.3 Å². The number of para-hydroxylation sites is 1. The molecule has 0 saturated carbocycles. The number of rotatable bonds is 5. The summed E-state index contributed by atoms with van der Waals surface area (Å²) in [6.07, 6.45) is 2.78. The second-order valence-electron chi connectivity index (χ2n) is 6.62. The highest BCUT2D eigenvalue weighted by Gasteiger charge is 2.14. The van der Waals surface area contributed by atoms with Gasteiger partial charge in [0.1, 0.15) is 5.82 Å². The lowest BCUT2D eigenvalue weighted by Crippen LogP contribution is -2.17. The number of nitrogens with zero attached hydrogens (tertiary/aromatic N) is 1. The normalized spacial score (nSPS) is 10.6.